The van der Waals surface area contributed by atoms with Crippen LogP contribution in [-0.4, -0.2) is 69.4 Å². The van der Waals surface area contributed by atoms with Gasteiger partial charge in [-0.05, 0) is 79.5 Å². The van der Waals surface area contributed by atoms with Crippen molar-refractivity contribution >= 4 is 16.6 Å². The first-order chi connectivity index (χ1) is 21.1. The van der Waals surface area contributed by atoms with Crippen LogP contribution in [0.1, 0.15) is 49.0 Å². The van der Waals surface area contributed by atoms with Crippen LogP contribution >= 0.6 is 0 Å². The largest absolute Gasteiger partial charge is 0.516 e. The van der Waals surface area contributed by atoms with E-state index in [0.29, 0.717) is 12.1 Å². The Labute approximate surface area is 253 Å². The third kappa shape index (κ3) is 3.00. The van der Waals surface area contributed by atoms with E-state index < -0.39 is 6.10 Å². The van der Waals surface area contributed by atoms with Crippen molar-refractivity contribution in [3.8, 4) is 0 Å². The highest BCUT2D eigenvalue weighted by molar-refractivity contribution is 5.85. The molecule has 2 aromatic carbocycles. The smallest absolute Gasteiger partial charge is 0.0827 e. The molecular weight excluding hydrogens is 532 g/mol. The summed E-state index contributed by atoms with van der Waals surface area (Å²) in [5, 5.41) is 24.5. The molecule has 6 aliphatic heterocycles. The number of rotatable bonds is 1. The predicted octanol–water partition coefficient (Wildman–Crippen LogP) is 5.58. The van der Waals surface area contributed by atoms with Gasteiger partial charge in [0, 0.05) is 71.4 Å². The number of benzene rings is 2. The summed E-state index contributed by atoms with van der Waals surface area (Å²) in [4.78, 5) is 11.7. The third-order valence-corrected chi connectivity index (χ3v) is 13.0. The average Bonchev–Trinajstić information content (AvgIpc) is 3.72. The quantitative estimate of drug-likeness (QED) is 0.262. The molecule has 3 N–H and O–H groups in total. The summed E-state index contributed by atoms with van der Waals surface area (Å²) in [6.07, 6.45) is 9.78. The van der Waals surface area contributed by atoms with E-state index in [1.807, 2.05) is 0 Å². The normalized spacial score (nSPS) is 39.5. The van der Waals surface area contributed by atoms with Gasteiger partial charge in [-0.15, -0.1) is 0 Å². The number of aromatic amines is 1. The molecule has 4 fully saturated rings. The zero-order valence-electron chi connectivity index (χ0n) is 24.8. The van der Waals surface area contributed by atoms with Crippen LogP contribution in [0.15, 0.2) is 83.8 Å². The van der Waals surface area contributed by atoms with Gasteiger partial charge in [-0.1, -0.05) is 48.0 Å². The molecule has 43 heavy (non-hydrogen) atoms. The van der Waals surface area contributed by atoms with Crippen molar-refractivity contribution in [2.24, 2.45) is 17.8 Å². The standard InChI is InChI=1S/C37H40N4O2/c1-2-21-17-39-13-11-24-23-7-3-5-9-29(23)38-34(24)31(39)15-25(21)27-19-41-30-10-6-4-8-28(30)37-12-14-40-18-22(20-42)26(16-32(37)40)33(35(27)43)36(37)41/h2-10,19-20,25-26,31-33,35-36,38,42-43H,11-18H2,1H3/t25-,26-,31-,32-,33-,35+,36-,37+/m0/s1. The fourth-order valence-electron chi connectivity index (χ4n) is 11.4. The molecule has 2 bridgehead atoms. The van der Waals surface area contributed by atoms with Crippen molar-refractivity contribution in [2.45, 2.75) is 62.3 Å². The van der Waals surface area contributed by atoms with Crippen molar-refractivity contribution < 1.29 is 10.2 Å². The topological polar surface area (TPSA) is 66.0 Å². The summed E-state index contributed by atoms with van der Waals surface area (Å²) >= 11 is 0. The molecule has 1 saturated carbocycles. The van der Waals surface area contributed by atoms with Gasteiger partial charge < -0.3 is 20.1 Å². The Morgan fingerprint density at radius 1 is 0.977 bits per heavy atom. The number of anilines is 1. The van der Waals surface area contributed by atoms with Crippen LogP contribution in [0.2, 0.25) is 0 Å². The molecule has 7 aliphatic rings. The first kappa shape index (κ1) is 25.1. The number of aromatic nitrogens is 1. The Balaban J connectivity index is 1.12. The van der Waals surface area contributed by atoms with Crippen LogP contribution in [0.5, 0.6) is 0 Å². The maximum absolute atomic E-state index is 12.7. The SMILES string of the molecule is CC=C1CN2CCc3c([nH]c4ccccc34)[C@@H]2C[C@@H]1C1=CN2c3ccccc3[C@]34CCN5CC(=CO)[C@H](C[C@H]53)[C@@H]([C@@H]1O)[C@H]24. The number of aliphatic hydroxyl groups excluding tert-OH is 2. The van der Waals surface area contributed by atoms with Gasteiger partial charge in [0.2, 0.25) is 0 Å². The van der Waals surface area contributed by atoms with Gasteiger partial charge in [-0.2, -0.15) is 0 Å². The van der Waals surface area contributed by atoms with Gasteiger partial charge in [0.1, 0.15) is 0 Å². The number of piperidine rings is 2. The number of aliphatic hydroxyl groups is 2. The lowest BCUT2D eigenvalue weighted by atomic mass is 9.53. The Kier molecular flexibility index (Phi) is 5.04. The summed E-state index contributed by atoms with van der Waals surface area (Å²) in [5.41, 5.74) is 10.7. The summed E-state index contributed by atoms with van der Waals surface area (Å²) in [6.45, 7) is 6.09. The number of nitrogens with zero attached hydrogens (tertiary/aromatic N) is 3. The van der Waals surface area contributed by atoms with Crippen molar-refractivity contribution in [1.82, 2.24) is 14.8 Å². The fraction of sp³-hybridized carbons (Fsp3) is 0.459. The Bertz CT molecular complexity index is 1770. The number of allylic oxidation sites excluding steroid dienone is 1. The average molecular weight is 573 g/mol. The lowest BCUT2D eigenvalue weighted by Gasteiger charge is -2.59. The molecule has 7 heterocycles. The lowest BCUT2D eigenvalue weighted by molar-refractivity contribution is -0.0157. The third-order valence-electron chi connectivity index (χ3n) is 13.0. The number of hydrogen-bond donors (Lipinski definition) is 3. The van der Waals surface area contributed by atoms with Gasteiger partial charge in [0.25, 0.3) is 0 Å². The highest BCUT2D eigenvalue weighted by atomic mass is 16.3. The number of nitrogens with one attached hydrogen (secondary N) is 1. The van der Waals surface area contributed by atoms with Crippen LogP contribution in [0.25, 0.3) is 10.9 Å². The summed E-state index contributed by atoms with van der Waals surface area (Å²) in [5.74, 6) is 0.446. The molecule has 3 aromatic rings. The molecule has 1 aliphatic carbocycles. The van der Waals surface area contributed by atoms with Gasteiger partial charge in [0.05, 0.1) is 24.4 Å². The molecule has 1 aromatic heterocycles. The molecule has 6 nitrogen and oxygen atoms in total. The van der Waals surface area contributed by atoms with E-state index in [1.165, 1.54) is 50.8 Å². The van der Waals surface area contributed by atoms with Gasteiger partial charge >= 0.3 is 0 Å². The molecule has 0 amide bonds. The number of hydrogen-bond acceptors (Lipinski definition) is 5. The first-order valence-corrected chi connectivity index (χ1v) is 16.5. The molecule has 0 radical (unpaired) electrons. The van der Waals surface area contributed by atoms with Crippen LogP contribution in [0, 0.1) is 17.8 Å². The van der Waals surface area contributed by atoms with E-state index in [4.69, 9.17) is 0 Å². The minimum Gasteiger partial charge on any atom is -0.516 e. The number of fused-ring (bicyclic) bond motifs is 9. The van der Waals surface area contributed by atoms with Crippen LogP contribution in [-0.2, 0) is 11.8 Å². The zero-order valence-corrected chi connectivity index (χ0v) is 24.8. The molecular formula is C37H40N4O2. The van der Waals surface area contributed by atoms with E-state index in [0.717, 1.165) is 57.4 Å². The Hall–Kier alpha value is -3.32. The molecule has 10 rings (SSSR count). The van der Waals surface area contributed by atoms with Crippen LogP contribution < -0.4 is 4.90 Å². The van der Waals surface area contributed by atoms with Gasteiger partial charge in [-0.25, -0.2) is 0 Å². The fourth-order valence-corrected chi connectivity index (χ4v) is 11.4. The Morgan fingerprint density at radius 3 is 2.70 bits per heavy atom. The van der Waals surface area contributed by atoms with Crippen molar-refractivity contribution in [1.29, 1.82) is 0 Å². The molecule has 8 atom stereocenters. The summed E-state index contributed by atoms with van der Waals surface area (Å²) < 4.78 is 0. The number of H-pyrrole nitrogens is 1. The maximum Gasteiger partial charge on any atom is 0.0827 e. The molecule has 6 heteroatoms. The van der Waals surface area contributed by atoms with Crippen LogP contribution in [0.4, 0.5) is 5.69 Å². The highest BCUT2D eigenvalue weighted by Gasteiger charge is 2.69. The zero-order chi connectivity index (χ0) is 28.6. The highest BCUT2D eigenvalue weighted by Crippen LogP contribution is 2.66. The molecule has 3 saturated heterocycles. The van der Waals surface area contributed by atoms with Crippen molar-refractivity contribution in [2.75, 3.05) is 31.1 Å². The van der Waals surface area contributed by atoms with E-state index in [1.54, 1.807) is 0 Å². The number of para-hydroxylation sites is 2. The predicted molar refractivity (Wildman–Crippen MR) is 169 cm³/mol. The molecule has 1 spiro atoms. The second-order valence-electron chi connectivity index (χ2n) is 14.3. The van der Waals surface area contributed by atoms with Crippen molar-refractivity contribution in [3.63, 3.8) is 0 Å². The van der Waals surface area contributed by atoms with E-state index in [9.17, 15) is 10.2 Å². The second kappa shape index (κ2) is 8.65. The molecule has 220 valence electrons. The minimum absolute atomic E-state index is 0.0389. The summed E-state index contributed by atoms with van der Waals surface area (Å²) in [6, 6.07) is 18.9. The van der Waals surface area contributed by atoms with Gasteiger partial charge in [0.15, 0.2) is 0 Å². The van der Waals surface area contributed by atoms with Crippen LogP contribution in [0.3, 0.4) is 0 Å². The van der Waals surface area contributed by atoms with E-state index in [2.05, 4.69) is 87.4 Å². The maximum atomic E-state index is 12.7. The first-order valence-electron chi connectivity index (χ1n) is 16.5. The lowest BCUT2D eigenvalue weighted by Crippen LogP contribution is -2.67. The minimum atomic E-state index is -0.530. The Morgan fingerprint density at radius 2 is 1.81 bits per heavy atom. The van der Waals surface area contributed by atoms with Crippen molar-refractivity contribution in [3.05, 3.63) is 101 Å². The van der Waals surface area contributed by atoms with E-state index >= 15 is 0 Å². The molecule has 0 unspecified atom stereocenters. The second-order valence-corrected chi connectivity index (χ2v) is 14.3. The monoisotopic (exact) mass is 572 g/mol. The van der Waals surface area contributed by atoms with E-state index in [-0.39, 0.29) is 29.2 Å². The van der Waals surface area contributed by atoms with Gasteiger partial charge in [-0.3, -0.25) is 9.80 Å². The summed E-state index contributed by atoms with van der Waals surface area (Å²) in [7, 11) is 0.